The van der Waals surface area contributed by atoms with Crippen LogP contribution in [0, 0.1) is 5.82 Å². The van der Waals surface area contributed by atoms with E-state index in [1.54, 1.807) is 0 Å². The van der Waals surface area contributed by atoms with E-state index in [2.05, 4.69) is 0 Å². The molecular formula is C9H7Cl2FO2. The van der Waals surface area contributed by atoms with Crippen molar-refractivity contribution < 1.29 is 14.3 Å². The van der Waals surface area contributed by atoms with Gasteiger partial charge in [0, 0.05) is 6.08 Å². The van der Waals surface area contributed by atoms with Crippen LogP contribution in [0.2, 0.25) is 5.02 Å². The van der Waals surface area contributed by atoms with Crippen LogP contribution >= 0.6 is 24.0 Å². The topological polar surface area (TPSA) is 37.3 Å². The summed E-state index contributed by atoms with van der Waals surface area (Å²) in [5.41, 5.74) is 0.477. The van der Waals surface area contributed by atoms with Gasteiger partial charge in [0.05, 0.1) is 5.02 Å². The Balaban J connectivity index is 0.00000169. The van der Waals surface area contributed by atoms with Gasteiger partial charge in [0.1, 0.15) is 5.82 Å². The molecule has 5 heteroatoms. The molecule has 14 heavy (non-hydrogen) atoms. The number of aliphatic carboxylic acids is 1. The summed E-state index contributed by atoms with van der Waals surface area (Å²) in [7, 11) is 0. The van der Waals surface area contributed by atoms with Crippen molar-refractivity contribution >= 4 is 36.1 Å². The zero-order valence-electron chi connectivity index (χ0n) is 6.91. The highest BCUT2D eigenvalue weighted by Gasteiger charge is 1.98. The molecule has 1 aromatic carbocycles. The quantitative estimate of drug-likeness (QED) is 0.802. The lowest BCUT2D eigenvalue weighted by Crippen LogP contribution is -1.86. The highest BCUT2D eigenvalue weighted by Crippen LogP contribution is 2.18. The number of carboxylic acid groups (broad SMARTS) is 1. The van der Waals surface area contributed by atoms with Gasteiger partial charge < -0.3 is 5.11 Å². The normalized spacial score (nSPS) is 9.86. The summed E-state index contributed by atoms with van der Waals surface area (Å²) in [6.07, 6.45) is 2.25. The molecule has 76 valence electrons. The number of hydrogen-bond donors (Lipinski definition) is 1. The molecule has 0 aliphatic rings. The number of hydrogen-bond acceptors (Lipinski definition) is 1. The zero-order chi connectivity index (χ0) is 9.84. The zero-order valence-corrected chi connectivity index (χ0v) is 8.48. The summed E-state index contributed by atoms with van der Waals surface area (Å²) >= 11 is 5.63. The van der Waals surface area contributed by atoms with Gasteiger partial charge in [0.15, 0.2) is 0 Å². The molecule has 0 radical (unpaired) electrons. The van der Waals surface area contributed by atoms with Gasteiger partial charge in [-0.05, 0) is 23.8 Å². The number of carbonyl (C=O) groups is 1. The van der Waals surface area contributed by atoms with E-state index in [0.717, 1.165) is 12.1 Å². The van der Waals surface area contributed by atoms with E-state index in [9.17, 15) is 9.18 Å². The molecule has 1 rings (SSSR count). The third-order valence-electron chi connectivity index (χ3n) is 1.37. The molecule has 0 fully saturated rings. The maximum absolute atomic E-state index is 12.5. The van der Waals surface area contributed by atoms with Gasteiger partial charge >= 0.3 is 5.97 Å². The van der Waals surface area contributed by atoms with Crippen molar-refractivity contribution in [2.45, 2.75) is 0 Å². The Hall–Kier alpha value is -1.06. The molecule has 0 bridgehead atoms. The van der Waals surface area contributed by atoms with E-state index in [1.807, 2.05) is 0 Å². The molecule has 0 saturated carbocycles. The second-order valence-corrected chi connectivity index (χ2v) is 2.74. The molecule has 0 atom stereocenters. The molecule has 0 spiro atoms. The largest absolute Gasteiger partial charge is 0.478 e. The summed E-state index contributed by atoms with van der Waals surface area (Å²) in [6.45, 7) is 0. The summed E-state index contributed by atoms with van der Waals surface area (Å²) < 4.78 is 12.5. The Bertz CT molecular complexity index is 364. The van der Waals surface area contributed by atoms with E-state index in [0.29, 0.717) is 5.56 Å². The fourth-order valence-electron chi connectivity index (χ4n) is 0.798. The van der Waals surface area contributed by atoms with Crippen LogP contribution in [0.1, 0.15) is 5.56 Å². The minimum absolute atomic E-state index is 0. The molecule has 0 aliphatic carbocycles. The standard InChI is InChI=1S/C9H6ClFO2.ClH/c10-8-5-7(11)3-1-6(8)2-4-9(12)13;/h1-5H,(H,12,13);1H. The molecule has 0 amide bonds. The molecule has 0 heterocycles. The highest BCUT2D eigenvalue weighted by molar-refractivity contribution is 6.32. The number of rotatable bonds is 2. The van der Waals surface area contributed by atoms with Gasteiger partial charge in [-0.1, -0.05) is 17.7 Å². The van der Waals surface area contributed by atoms with Crippen molar-refractivity contribution in [1.82, 2.24) is 0 Å². The van der Waals surface area contributed by atoms with Crippen molar-refractivity contribution in [3.63, 3.8) is 0 Å². The van der Waals surface area contributed by atoms with E-state index < -0.39 is 11.8 Å². The van der Waals surface area contributed by atoms with Crippen LogP contribution in [0.15, 0.2) is 24.3 Å². The lowest BCUT2D eigenvalue weighted by molar-refractivity contribution is -0.131. The van der Waals surface area contributed by atoms with Crippen molar-refractivity contribution in [2.75, 3.05) is 0 Å². The lowest BCUT2D eigenvalue weighted by atomic mass is 10.2. The van der Waals surface area contributed by atoms with Crippen molar-refractivity contribution in [3.05, 3.63) is 40.7 Å². The SMILES string of the molecule is Cl.O=C(O)C=Cc1ccc(F)cc1Cl. The first-order chi connectivity index (χ1) is 6.09. The predicted octanol–water partition coefficient (Wildman–Crippen LogP) is 3.00. The monoisotopic (exact) mass is 236 g/mol. The van der Waals surface area contributed by atoms with Crippen LogP contribution in [0.3, 0.4) is 0 Å². The van der Waals surface area contributed by atoms with Gasteiger partial charge in [-0.2, -0.15) is 0 Å². The van der Waals surface area contributed by atoms with Crippen LogP contribution in [-0.4, -0.2) is 11.1 Å². The minimum atomic E-state index is -1.07. The smallest absolute Gasteiger partial charge is 0.328 e. The first-order valence-electron chi connectivity index (χ1n) is 3.45. The van der Waals surface area contributed by atoms with E-state index in [1.165, 1.54) is 18.2 Å². The van der Waals surface area contributed by atoms with Gasteiger partial charge in [0.25, 0.3) is 0 Å². The summed E-state index contributed by atoms with van der Waals surface area (Å²) in [4.78, 5) is 10.1. The third-order valence-corrected chi connectivity index (χ3v) is 1.70. The average molecular weight is 237 g/mol. The van der Waals surface area contributed by atoms with Crippen molar-refractivity contribution in [2.24, 2.45) is 0 Å². The van der Waals surface area contributed by atoms with Crippen LogP contribution in [-0.2, 0) is 4.79 Å². The fraction of sp³-hybridized carbons (Fsp3) is 0. The fourth-order valence-corrected chi connectivity index (χ4v) is 1.03. The Labute approximate surface area is 91.4 Å². The Morgan fingerprint density at radius 3 is 2.64 bits per heavy atom. The van der Waals surface area contributed by atoms with Crippen LogP contribution in [0.25, 0.3) is 6.08 Å². The second kappa shape index (κ2) is 5.62. The van der Waals surface area contributed by atoms with Crippen LogP contribution in [0.4, 0.5) is 4.39 Å². The predicted molar refractivity (Wildman–Crippen MR) is 55.3 cm³/mol. The summed E-state index contributed by atoms with van der Waals surface area (Å²) in [5, 5.41) is 8.51. The molecule has 1 N–H and O–H groups in total. The number of benzene rings is 1. The lowest BCUT2D eigenvalue weighted by Gasteiger charge is -1.96. The van der Waals surface area contributed by atoms with Gasteiger partial charge in [0.2, 0.25) is 0 Å². The van der Waals surface area contributed by atoms with Crippen molar-refractivity contribution in [1.29, 1.82) is 0 Å². The molecule has 2 nitrogen and oxygen atoms in total. The minimum Gasteiger partial charge on any atom is -0.478 e. The summed E-state index contributed by atoms with van der Waals surface area (Å²) in [5.74, 6) is -1.52. The molecule has 0 saturated heterocycles. The average Bonchev–Trinajstić information content (AvgIpc) is 2.02. The molecule has 0 aromatic heterocycles. The van der Waals surface area contributed by atoms with E-state index in [4.69, 9.17) is 16.7 Å². The van der Waals surface area contributed by atoms with Crippen LogP contribution in [0.5, 0.6) is 0 Å². The Kier molecular flexibility index (Phi) is 5.20. The number of halogens is 3. The Morgan fingerprint density at radius 1 is 1.50 bits per heavy atom. The van der Waals surface area contributed by atoms with Gasteiger partial charge in [-0.25, -0.2) is 9.18 Å². The number of carboxylic acids is 1. The third kappa shape index (κ3) is 3.77. The second-order valence-electron chi connectivity index (χ2n) is 2.34. The molecular weight excluding hydrogens is 230 g/mol. The molecule has 0 unspecified atom stereocenters. The Morgan fingerprint density at radius 2 is 2.14 bits per heavy atom. The maximum Gasteiger partial charge on any atom is 0.328 e. The maximum atomic E-state index is 12.5. The van der Waals surface area contributed by atoms with Gasteiger partial charge in [-0.3, -0.25) is 0 Å². The molecule has 1 aromatic rings. The summed E-state index contributed by atoms with van der Waals surface area (Å²) in [6, 6.07) is 3.76. The van der Waals surface area contributed by atoms with Gasteiger partial charge in [-0.15, -0.1) is 12.4 Å². The molecule has 0 aliphatic heterocycles. The van der Waals surface area contributed by atoms with E-state index >= 15 is 0 Å². The first-order valence-corrected chi connectivity index (χ1v) is 3.83. The first kappa shape index (κ1) is 12.9. The van der Waals surface area contributed by atoms with Crippen molar-refractivity contribution in [3.8, 4) is 0 Å². The van der Waals surface area contributed by atoms with Crippen LogP contribution < -0.4 is 0 Å². The van der Waals surface area contributed by atoms with E-state index in [-0.39, 0.29) is 17.4 Å². The highest BCUT2D eigenvalue weighted by atomic mass is 35.5.